The van der Waals surface area contributed by atoms with Crippen molar-refractivity contribution in [2.24, 2.45) is 0 Å². The highest BCUT2D eigenvalue weighted by molar-refractivity contribution is 5.96. The molecule has 0 aliphatic carbocycles. The third-order valence-electron chi connectivity index (χ3n) is 2.52. The largest absolute Gasteiger partial charge is 0.510 e. The summed E-state index contributed by atoms with van der Waals surface area (Å²) in [6.45, 7) is 1.62. The van der Waals surface area contributed by atoms with Crippen LogP contribution >= 0.6 is 0 Å². The van der Waals surface area contributed by atoms with Crippen LogP contribution in [0.4, 0.5) is 0 Å². The van der Waals surface area contributed by atoms with E-state index in [2.05, 4.69) is 10.3 Å². The molecular formula is C11H12N2O2. The first kappa shape index (κ1) is 9.71. The van der Waals surface area contributed by atoms with E-state index in [0.29, 0.717) is 12.0 Å². The van der Waals surface area contributed by atoms with Crippen molar-refractivity contribution >= 4 is 5.91 Å². The Balaban J connectivity index is 2.13. The van der Waals surface area contributed by atoms with Gasteiger partial charge >= 0.3 is 0 Å². The average Bonchev–Trinajstić information content (AvgIpc) is 2.48. The third-order valence-corrected chi connectivity index (χ3v) is 2.52. The van der Waals surface area contributed by atoms with Gasteiger partial charge < -0.3 is 10.4 Å². The molecule has 1 aliphatic heterocycles. The van der Waals surface area contributed by atoms with Gasteiger partial charge in [-0.15, -0.1) is 0 Å². The first-order valence-corrected chi connectivity index (χ1v) is 4.78. The smallest absolute Gasteiger partial charge is 0.250 e. The van der Waals surface area contributed by atoms with Crippen LogP contribution in [0, 0.1) is 0 Å². The van der Waals surface area contributed by atoms with E-state index in [4.69, 9.17) is 0 Å². The van der Waals surface area contributed by atoms with Crippen molar-refractivity contribution in [3.05, 3.63) is 41.4 Å². The second kappa shape index (κ2) is 3.73. The Hall–Kier alpha value is -1.84. The summed E-state index contributed by atoms with van der Waals surface area (Å²) in [6, 6.07) is 3.45. The van der Waals surface area contributed by atoms with Crippen LogP contribution < -0.4 is 5.32 Å². The Morgan fingerprint density at radius 3 is 2.93 bits per heavy atom. The molecule has 0 aromatic carbocycles. The summed E-state index contributed by atoms with van der Waals surface area (Å²) < 4.78 is 0. The molecule has 2 heterocycles. The number of pyridine rings is 1. The Kier molecular flexibility index (Phi) is 2.41. The van der Waals surface area contributed by atoms with Gasteiger partial charge in [-0.05, 0) is 18.6 Å². The van der Waals surface area contributed by atoms with Gasteiger partial charge in [0.2, 0.25) is 0 Å². The lowest BCUT2D eigenvalue weighted by Crippen LogP contribution is -2.30. The maximum atomic E-state index is 11.2. The number of nitrogens with zero attached hydrogens (tertiary/aromatic N) is 1. The van der Waals surface area contributed by atoms with Crippen LogP contribution in [0.2, 0.25) is 0 Å². The van der Waals surface area contributed by atoms with E-state index in [1.165, 1.54) is 0 Å². The molecule has 0 saturated carbocycles. The summed E-state index contributed by atoms with van der Waals surface area (Å²) in [5.41, 5.74) is 1.40. The number of carbonyl (C=O) groups is 1. The highest BCUT2D eigenvalue weighted by Crippen LogP contribution is 2.17. The Labute approximate surface area is 87.7 Å². The van der Waals surface area contributed by atoms with Crippen LogP contribution in [-0.4, -0.2) is 22.0 Å². The van der Waals surface area contributed by atoms with E-state index in [0.717, 1.165) is 5.56 Å². The first-order chi connectivity index (χ1) is 7.18. The molecule has 0 spiro atoms. The number of hydrogen-bond donors (Lipinski definition) is 2. The lowest BCUT2D eigenvalue weighted by atomic mass is 10.1. The molecule has 4 heteroatoms. The fraction of sp³-hybridized carbons (Fsp3) is 0.273. The van der Waals surface area contributed by atoms with Gasteiger partial charge in [-0.3, -0.25) is 9.78 Å². The number of amides is 1. The van der Waals surface area contributed by atoms with E-state index in [1.54, 1.807) is 19.3 Å². The van der Waals surface area contributed by atoms with Crippen molar-refractivity contribution in [2.45, 2.75) is 19.4 Å². The number of aliphatic hydroxyl groups is 1. The number of aromatic nitrogens is 1. The van der Waals surface area contributed by atoms with E-state index in [9.17, 15) is 9.90 Å². The van der Waals surface area contributed by atoms with E-state index < -0.39 is 0 Å². The first-order valence-electron chi connectivity index (χ1n) is 4.78. The standard InChI is InChI=1S/C11H12N2O2/c1-7-10(14)9(13-11(7)15)5-8-3-2-4-12-6-8/h2-4,6,9,14H,5H2,1H3,(H,13,15). The zero-order valence-electron chi connectivity index (χ0n) is 8.40. The fourth-order valence-corrected chi connectivity index (χ4v) is 1.61. The topological polar surface area (TPSA) is 62.2 Å². The predicted molar refractivity (Wildman–Crippen MR) is 55.2 cm³/mol. The normalized spacial score (nSPS) is 20.6. The van der Waals surface area contributed by atoms with Crippen LogP contribution in [0.5, 0.6) is 0 Å². The Morgan fingerprint density at radius 1 is 1.60 bits per heavy atom. The van der Waals surface area contributed by atoms with Gasteiger partial charge in [-0.25, -0.2) is 0 Å². The number of nitrogens with one attached hydrogen (secondary N) is 1. The maximum Gasteiger partial charge on any atom is 0.250 e. The lowest BCUT2D eigenvalue weighted by Gasteiger charge is -2.10. The van der Waals surface area contributed by atoms with Crippen molar-refractivity contribution in [2.75, 3.05) is 0 Å². The summed E-state index contributed by atoms with van der Waals surface area (Å²) in [5, 5.41) is 12.4. The Morgan fingerprint density at radius 2 is 2.40 bits per heavy atom. The molecule has 2 rings (SSSR count). The highest BCUT2D eigenvalue weighted by Gasteiger charge is 2.28. The van der Waals surface area contributed by atoms with Gasteiger partial charge in [0.1, 0.15) is 5.76 Å². The molecule has 15 heavy (non-hydrogen) atoms. The minimum absolute atomic E-state index is 0.142. The van der Waals surface area contributed by atoms with Gasteiger partial charge in [0.15, 0.2) is 0 Å². The molecule has 1 unspecified atom stereocenters. The number of carbonyl (C=O) groups excluding carboxylic acids is 1. The summed E-state index contributed by atoms with van der Waals surface area (Å²) in [5.74, 6) is -0.0507. The minimum atomic E-state index is -0.304. The van der Waals surface area contributed by atoms with E-state index in [1.807, 2.05) is 12.1 Å². The predicted octanol–water partition coefficient (Wildman–Crippen LogP) is 0.954. The summed E-state index contributed by atoms with van der Waals surface area (Å²) in [7, 11) is 0. The molecule has 1 amide bonds. The zero-order valence-corrected chi connectivity index (χ0v) is 8.40. The second-order valence-electron chi connectivity index (χ2n) is 3.60. The molecule has 78 valence electrons. The molecule has 0 saturated heterocycles. The molecule has 1 aromatic rings. The summed E-state index contributed by atoms with van der Waals surface area (Å²) in [6.07, 6.45) is 3.99. The molecule has 0 bridgehead atoms. The summed E-state index contributed by atoms with van der Waals surface area (Å²) >= 11 is 0. The molecule has 2 N–H and O–H groups in total. The molecule has 1 atom stereocenters. The lowest BCUT2D eigenvalue weighted by molar-refractivity contribution is -0.117. The van der Waals surface area contributed by atoms with E-state index >= 15 is 0 Å². The van der Waals surface area contributed by atoms with Crippen LogP contribution in [0.3, 0.4) is 0 Å². The number of rotatable bonds is 2. The highest BCUT2D eigenvalue weighted by atomic mass is 16.3. The monoisotopic (exact) mass is 204 g/mol. The minimum Gasteiger partial charge on any atom is -0.510 e. The molecule has 0 radical (unpaired) electrons. The van der Waals surface area contributed by atoms with Crippen LogP contribution in [0.1, 0.15) is 12.5 Å². The van der Waals surface area contributed by atoms with Crippen LogP contribution in [0.25, 0.3) is 0 Å². The second-order valence-corrected chi connectivity index (χ2v) is 3.60. The molecule has 4 nitrogen and oxygen atoms in total. The average molecular weight is 204 g/mol. The third kappa shape index (κ3) is 1.83. The number of hydrogen-bond acceptors (Lipinski definition) is 3. The van der Waals surface area contributed by atoms with Crippen molar-refractivity contribution < 1.29 is 9.90 Å². The van der Waals surface area contributed by atoms with Gasteiger partial charge in [-0.2, -0.15) is 0 Å². The zero-order chi connectivity index (χ0) is 10.8. The molecule has 0 fully saturated rings. The van der Waals surface area contributed by atoms with Crippen molar-refractivity contribution in [1.29, 1.82) is 0 Å². The van der Waals surface area contributed by atoms with Gasteiger partial charge in [0, 0.05) is 18.8 Å². The van der Waals surface area contributed by atoms with Crippen LogP contribution in [0.15, 0.2) is 35.9 Å². The molecule has 1 aliphatic rings. The Bertz CT molecular complexity index is 412. The van der Waals surface area contributed by atoms with E-state index in [-0.39, 0.29) is 17.7 Å². The maximum absolute atomic E-state index is 11.2. The quantitative estimate of drug-likeness (QED) is 0.754. The van der Waals surface area contributed by atoms with Gasteiger partial charge in [0.05, 0.1) is 11.6 Å². The SMILES string of the molecule is CC1=C(O)C(Cc2cccnc2)NC1=O. The van der Waals surface area contributed by atoms with Gasteiger partial charge in [0.25, 0.3) is 5.91 Å². The molecule has 1 aromatic heterocycles. The van der Waals surface area contributed by atoms with Crippen molar-refractivity contribution in [3.8, 4) is 0 Å². The fourth-order valence-electron chi connectivity index (χ4n) is 1.61. The number of aliphatic hydroxyl groups excluding tert-OH is 1. The van der Waals surface area contributed by atoms with Gasteiger partial charge in [-0.1, -0.05) is 6.07 Å². The summed E-state index contributed by atoms with van der Waals surface area (Å²) in [4.78, 5) is 15.2. The van der Waals surface area contributed by atoms with Crippen LogP contribution in [-0.2, 0) is 11.2 Å². The molecular weight excluding hydrogens is 192 g/mol. The van der Waals surface area contributed by atoms with Crippen molar-refractivity contribution in [1.82, 2.24) is 10.3 Å². The van der Waals surface area contributed by atoms with Crippen molar-refractivity contribution in [3.63, 3.8) is 0 Å².